The third-order valence-corrected chi connectivity index (χ3v) is 3.01. The maximum absolute atomic E-state index is 9.65. The molecule has 4 nitrogen and oxygen atoms in total. The second kappa shape index (κ2) is 3.88. The summed E-state index contributed by atoms with van der Waals surface area (Å²) < 4.78 is 12.4. The Morgan fingerprint density at radius 3 is 2.11 bits per heavy atom. The highest BCUT2D eigenvalue weighted by atomic mass is 32.5. The number of hydrogen-bond acceptors (Lipinski definition) is 4. The molecule has 0 aliphatic carbocycles. The molecular weight excluding hydrogens is 161 g/mol. The summed E-state index contributed by atoms with van der Waals surface area (Å²) in [6.45, 7) is -2.65. The van der Waals surface area contributed by atoms with Crippen LogP contribution in [-0.4, -0.2) is 20.3 Å². The molecule has 0 rings (SSSR count). The number of carbonyl (C=O) groups excluding carboxylic acids is 1. The van der Waals surface area contributed by atoms with Crippen LogP contribution >= 0.6 is 6.64 Å². The van der Waals surface area contributed by atoms with Gasteiger partial charge in [0.2, 0.25) is 6.08 Å². The summed E-state index contributed by atoms with van der Waals surface area (Å²) in [5.41, 5.74) is 0. The molecule has 0 aromatic rings. The van der Waals surface area contributed by atoms with Crippen LogP contribution in [0.5, 0.6) is 0 Å². The summed E-state index contributed by atoms with van der Waals surface area (Å²) in [5, 5.41) is 0. The molecule has 0 atom stereocenters. The van der Waals surface area contributed by atoms with Crippen molar-refractivity contribution in [2.45, 2.75) is 0 Å². The lowest BCUT2D eigenvalue weighted by molar-refractivity contribution is 0.338. The number of nitrogens with zero attached hydrogens (tertiary/aromatic N) is 1. The van der Waals surface area contributed by atoms with E-state index < -0.39 is 6.64 Å². The van der Waals surface area contributed by atoms with Crippen molar-refractivity contribution >= 4 is 24.5 Å². The Morgan fingerprint density at radius 2 is 2.00 bits per heavy atom. The van der Waals surface area contributed by atoms with Crippen molar-refractivity contribution in [3.05, 3.63) is 0 Å². The minimum Gasteiger partial charge on any atom is -0.315 e. The Bertz CT molecular complexity index is 168. The van der Waals surface area contributed by atoms with Crippen molar-refractivity contribution in [3.8, 4) is 0 Å². The van der Waals surface area contributed by atoms with Crippen LogP contribution in [0.4, 0.5) is 0 Å². The SMILES string of the molecule is COP(=S)(N=C=O)OC. The van der Waals surface area contributed by atoms with Gasteiger partial charge in [-0.15, -0.1) is 4.76 Å². The average molecular weight is 167 g/mol. The molecule has 0 fully saturated rings. The smallest absolute Gasteiger partial charge is 0.315 e. The molecule has 0 amide bonds. The van der Waals surface area contributed by atoms with E-state index in [2.05, 4.69) is 25.6 Å². The fraction of sp³-hybridized carbons (Fsp3) is 0.667. The molecule has 0 aliphatic rings. The summed E-state index contributed by atoms with van der Waals surface area (Å²) in [4.78, 5) is 9.65. The van der Waals surface area contributed by atoms with Crippen LogP contribution in [0.3, 0.4) is 0 Å². The van der Waals surface area contributed by atoms with Gasteiger partial charge in [0.05, 0.1) is 0 Å². The maximum atomic E-state index is 9.65. The fourth-order valence-corrected chi connectivity index (χ4v) is 0.719. The Kier molecular flexibility index (Phi) is 3.86. The van der Waals surface area contributed by atoms with Crippen LogP contribution in [0.25, 0.3) is 0 Å². The monoisotopic (exact) mass is 167 g/mol. The number of isocyanates is 1. The van der Waals surface area contributed by atoms with Crippen LogP contribution in [0.1, 0.15) is 0 Å². The fourth-order valence-electron chi connectivity index (χ4n) is 0.206. The Labute approximate surface area is 58.1 Å². The minimum atomic E-state index is -2.65. The first kappa shape index (κ1) is 8.95. The first-order valence-electron chi connectivity index (χ1n) is 1.99. The zero-order valence-electron chi connectivity index (χ0n) is 5.03. The van der Waals surface area contributed by atoms with E-state index in [9.17, 15) is 4.79 Å². The van der Waals surface area contributed by atoms with Crippen molar-refractivity contribution in [1.82, 2.24) is 0 Å². The number of hydrogen-bond donors (Lipinski definition) is 0. The largest absolute Gasteiger partial charge is 0.319 e. The molecule has 52 valence electrons. The summed E-state index contributed by atoms with van der Waals surface area (Å²) in [5.74, 6) is 0. The van der Waals surface area contributed by atoms with E-state index in [1.165, 1.54) is 20.3 Å². The number of rotatable bonds is 3. The van der Waals surface area contributed by atoms with Crippen LogP contribution < -0.4 is 0 Å². The lowest BCUT2D eigenvalue weighted by Gasteiger charge is -2.07. The van der Waals surface area contributed by atoms with Gasteiger partial charge in [-0.2, -0.15) is 0 Å². The zero-order valence-corrected chi connectivity index (χ0v) is 6.74. The summed E-state index contributed by atoms with van der Waals surface area (Å²) in [6, 6.07) is 0. The third-order valence-electron chi connectivity index (χ3n) is 0.625. The molecule has 0 saturated carbocycles. The Morgan fingerprint density at radius 1 is 1.56 bits per heavy atom. The van der Waals surface area contributed by atoms with Gasteiger partial charge in [-0.1, -0.05) is 0 Å². The van der Waals surface area contributed by atoms with Gasteiger partial charge in [-0.3, -0.25) is 0 Å². The first-order valence-corrected chi connectivity index (χ1v) is 4.58. The molecule has 0 bridgehead atoms. The van der Waals surface area contributed by atoms with E-state index in [0.717, 1.165) is 0 Å². The van der Waals surface area contributed by atoms with E-state index in [0.29, 0.717) is 0 Å². The van der Waals surface area contributed by atoms with Crippen molar-refractivity contribution in [2.75, 3.05) is 14.2 Å². The lowest BCUT2D eigenvalue weighted by atomic mass is 11.7. The van der Waals surface area contributed by atoms with Crippen molar-refractivity contribution in [2.24, 2.45) is 4.76 Å². The molecule has 0 aromatic heterocycles. The lowest BCUT2D eigenvalue weighted by Crippen LogP contribution is -1.81. The van der Waals surface area contributed by atoms with Crippen LogP contribution in [0.2, 0.25) is 0 Å². The van der Waals surface area contributed by atoms with E-state index in [-0.39, 0.29) is 0 Å². The van der Waals surface area contributed by atoms with E-state index in [1.54, 1.807) is 0 Å². The molecule has 9 heavy (non-hydrogen) atoms. The molecule has 0 aromatic carbocycles. The predicted octanol–water partition coefficient (Wildman–Crippen LogP) is 0.839. The molecule has 0 heterocycles. The Hall–Kier alpha value is -0.0500. The van der Waals surface area contributed by atoms with Gasteiger partial charge in [0.15, 0.2) is 0 Å². The molecule has 0 saturated heterocycles. The highest BCUT2D eigenvalue weighted by molar-refractivity contribution is 8.09. The van der Waals surface area contributed by atoms with Gasteiger partial charge >= 0.3 is 6.64 Å². The Balaban J connectivity index is 4.28. The van der Waals surface area contributed by atoms with E-state index in [4.69, 9.17) is 0 Å². The predicted molar refractivity (Wildman–Crippen MR) is 36.4 cm³/mol. The second-order valence-electron chi connectivity index (χ2n) is 1.02. The summed E-state index contributed by atoms with van der Waals surface area (Å²) in [7, 11) is 2.68. The molecule has 0 radical (unpaired) electrons. The molecule has 0 spiro atoms. The first-order chi connectivity index (χ1) is 4.18. The van der Waals surface area contributed by atoms with Crippen molar-refractivity contribution in [3.63, 3.8) is 0 Å². The van der Waals surface area contributed by atoms with Gasteiger partial charge in [0.1, 0.15) is 0 Å². The van der Waals surface area contributed by atoms with Gasteiger partial charge in [0, 0.05) is 14.2 Å². The maximum Gasteiger partial charge on any atom is 0.319 e. The zero-order chi connectivity index (χ0) is 7.33. The topological polar surface area (TPSA) is 47.9 Å². The van der Waals surface area contributed by atoms with E-state index in [1.807, 2.05) is 0 Å². The molecule has 0 N–H and O–H groups in total. The van der Waals surface area contributed by atoms with Crippen LogP contribution in [-0.2, 0) is 25.6 Å². The molecule has 6 heteroatoms. The van der Waals surface area contributed by atoms with Gasteiger partial charge in [-0.05, 0) is 11.8 Å². The second-order valence-corrected chi connectivity index (χ2v) is 4.28. The van der Waals surface area contributed by atoms with E-state index >= 15 is 0 Å². The van der Waals surface area contributed by atoms with Crippen LogP contribution in [0.15, 0.2) is 4.76 Å². The van der Waals surface area contributed by atoms with Crippen LogP contribution in [0, 0.1) is 0 Å². The van der Waals surface area contributed by atoms with Gasteiger partial charge < -0.3 is 9.05 Å². The highest BCUT2D eigenvalue weighted by Crippen LogP contribution is 2.47. The minimum absolute atomic E-state index is 1.28. The third kappa shape index (κ3) is 2.84. The quantitative estimate of drug-likeness (QED) is 0.355. The van der Waals surface area contributed by atoms with Gasteiger partial charge in [-0.25, -0.2) is 4.79 Å². The van der Waals surface area contributed by atoms with Crippen molar-refractivity contribution in [1.29, 1.82) is 0 Å². The molecular formula is C3H6NO3PS. The standard InChI is InChI=1S/C3H6NO3PS/c1-6-8(9,7-2)4-3-5/h1-2H3. The normalized spacial score (nSPS) is 10.4. The molecule has 0 aliphatic heterocycles. The summed E-state index contributed by atoms with van der Waals surface area (Å²) in [6.07, 6.45) is 1.28. The highest BCUT2D eigenvalue weighted by Gasteiger charge is 2.11. The van der Waals surface area contributed by atoms with Gasteiger partial charge in [0.25, 0.3) is 0 Å². The molecule has 0 unspecified atom stereocenters. The van der Waals surface area contributed by atoms with Crippen molar-refractivity contribution < 1.29 is 13.8 Å². The average Bonchev–Trinajstić information content (AvgIpc) is 1.89. The summed E-state index contributed by atoms with van der Waals surface area (Å²) >= 11 is 4.64.